The predicted octanol–water partition coefficient (Wildman–Crippen LogP) is 2.66. The van der Waals surface area contributed by atoms with Gasteiger partial charge >= 0.3 is 0 Å². The van der Waals surface area contributed by atoms with Crippen molar-refractivity contribution in [3.63, 3.8) is 0 Å². The quantitative estimate of drug-likeness (QED) is 0.779. The summed E-state index contributed by atoms with van der Waals surface area (Å²) in [4.78, 5) is 15.3. The number of hydrogen-bond acceptors (Lipinski definition) is 4. The number of sulfonamides is 1. The van der Waals surface area contributed by atoms with E-state index in [0.717, 1.165) is 41.8 Å². The third-order valence-electron chi connectivity index (χ3n) is 5.00. The number of halogens is 2. The van der Waals surface area contributed by atoms with Crippen molar-refractivity contribution in [1.29, 1.82) is 0 Å². The molecule has 0 bridgehead atoms. The molecule has 1 aliphatic heterocycles. The maximum atomic E-state index is 13.9. The summed E-state index contributed by atoms with van der Waals surface area (Å²) in [6.45, 7) is 0.396. The lowest BCUT2D eigenvalue weighted by Crippen LogP contribution is -2.50. The summed E-state index contributed by atoms with van der Waals surface area (Å²) in [6, 6.07) is 4.91. The number of fused-ring (bicyclic) bond motifs is 1. The SMILES string of the molecule is O=C(c1cc2c(s1)CCC2)N1CCN(S(=O)(=O)c2c(F)cccc2F)CC1. The molecule has 27 heavy (non-hydrogen) atoms. The number of aryl methyl sites for hydroxylation is 2. The van der Waals surface area contributed by atoms with Crippen molar-refractivity contribution >= 4 is 27.3 Å². The summed E-state index contributed by atoms with van der Waals surface area (Å²) in [5.41, 5.74) is 1.24. The highest BCUT2D eigenvalue weighted by atomic mass is 32.2. The van der Waals surface area contributed by atoms with Crippen LogP contribution in [-0.2, 0) is 22.9 Å². The third-order valence-corrected chi connectivity index (χ3v) is 8.18. The fraction of sp³-hybridized carbons (Fsp3) is 0.389. The molecule has 144 valence electrons. The first-order chi connectivity index (χ1) is 12.9. The van der Waals surface area contributed by atoms with Crippen LogP contribution in [0.1, 0.15) is 26.5 Å². The molecule has 0 atom stereocenters. The van der Waals surface area contributed by atoms with E-state index in [9.17, 15) is 22.0 Å². The number of nitrogens with zero attached hydrogens (tertiary/aromatic N) is 2. The van der Waals surface area contributed by atoms with Gasteiger partial charge in [-0.2, -0.15) is 4.31 Å². The molecule has 1 aromatic carbocycles. The second kappa shape index (κ2) is 6.96. The molecule has 0 N–H and O–H groups in total. The van der Waals surface area contributed by atoms with Gasteiger partial charge in [-0.3, -0.25) is 4.79 Å². The number of rotatable bonds is 3. The third kappa shape index (κ3) is 3.28. The summed E-state index contributed by atoms with van der Waals surface area (Å²) in [6.07, 6.45) is 3.13. The molecule has 2 heterocycles. The molecule has 0 unspecified atom stereocenters. The van der Waals surface area contributed by atoms with Crippen LogP contribution in [-0.4, -0.2) is 49.7 Å². The highest BCUT2D eigenvalue weighted by Gasteiger charge is 2.34. The average molecular weight is 412 g/mol. The topological polar surface area (TPSA) is 57.7 Å². The Morgan fingerprint density at radius 3 is 2.33 bits per heavy atom. The van der Waals surface area contributed by atoms with Gasteiger partial charge in [0.05, 0.1) is 4.88 Å². The van der Waals surface area contributed by atoms with Gasteiger partial charge in [-0.15, -0.1) is 11.3 Å². The Labute approximate surface area is 160 Å². The monoisotopic (exact) mass is 412 g/mol. The normalized spacial score (nSPS) is 17.9. The average Bonchev–Trinajstić information content (AvgIpc) is 3.23. The first-order valence-corrected chi connectivity index (χ1v) is 11.0. The molecule has 1 aromatic heterocycles. The van der Waals surface area contributed by atoms with E-state index in [4.69, 9.17) is 0 Å². The first kappa shape index (κ1) is 18.5. The fourth-order valence-corrected chi connectivity index (χ4v) is 6.33. The van der Waals surface area contributed by atoms with E-state index in [-0.39, 0.29) is 32.1 Å². The van der Waals surface area contributed by atoms with Gasteiger partial charge in [0.25, 0.3) is 5.91 Å². The van der Waals surface area contributed by atoms with Crippen LogP contribution >= 0.6 is 11.3 Å². The summed E-state index contributed by atoms with van der Waals surface area (Å²) in [5.74, 6) is -2.33. The Morgan fingerprint density at radius 2 is 1.70 bits per heavy atom. The standard InChI is InChI=1S/C18H18F2N2O3S2/c19-13-4-2-5-14(20)17(13)27(24,25)22-9-7-21(8-10-22)18(23)16-11-12-3-1-6-15(12)26-16/h2,4-5,11H,1,3,6-10H2. The maximum absolute atomic E-state index is 13.9. The van der Waals surface area contributed by atoms with Crippen molar-refractivity contribution in [3.8, 4) is 0 Å². The van der Waals surface area contributed by atoms with Crippen molar-refractivity contribution in [1.82, 2.24) is 9.21 Å². The van der Waals surface area contributed by atoms with Crippen molar-refractivity contribution < 1.29 is 22.0 Å². The molecule has 2 aliphatic rings. The minimum Gasteiger partial charge on any atom is -0.335 e. The molecule has 1 fully saturated rings. The minimum absolute atomic E-state index is 0.00688. The van der Waals surface area contributed by atoms with Crippen LogP contribution in [0.5, 0.6) is 0 Å². The van der Waals surface area contributed by atoms with Gasteiger partial charge < -0.3 is 4.90 Å². The van der Waals surface area contributed by atoms with Crippen LogP contribution < -0.4 is 0 Å². The summed E-state index contributed by atoms with van der Waals surface area (Å²) >= 11 is 1.51. The van der Waals surface area contributed by atoms with Gasteiger partial charge in [0.15, 0.2) is 4.90 Å². The van der Waals surface area contributed by atoms with Gasteiger partial charge in [0.1, 0.15) is 11.6 Å². The zero-order valence-electron chi connectivity index (χ0n) is 14.5. The Bertz CT molecular complexity index is 954. The molecule has 0 spiro atoms. The Morgan fingerprint density at radius 1 is 1.04 bits per heavy atom. The molecule has 0 saturated carbocycles. The van der Waals surface area contributed by atoms with Gasteiger partial charge in [0, 0.05) is 31.1 Å². The second-order valence-electron chi connectivity index (χ2n) is 6.66. The van der Waals surface area contributed by atoms with Crippen molar-refractivity contribution in [3.05, 3.63) is 51.2 Å². The minimum atomic E-state index is -4.29. The predicted molar refractivity (Wildman–Crippen MR) is 97.4 cm³/mol. The van der Waals surface area contributed by atoms with E-state index in [2.05, 4.69) is 0 Å². The molecular formula is C18H18F2N2O3S2. The molecule has 1 amide bonds. The molecule has 5 nitrogen and oxygen atoms in total. The number of thiophene rings is 1. The zero-order valence-corrected chi connectivity index (χ0v) is 16.1. The molecular weight excluding hydrogens is 394 g/mol. The number of amides is 1. The van der Waals surface area contributed by atoms with E-state index < -0.39 is 26.6 Å². The van der Waals surface area contributed by atoms with Crippen LogP contribution in [0.15, 0.2) is 29.2 Å². The van der Waals surface area contributed by atoms with Gasteiger partial charge in [-0.05, 0) is 43.0 Å². The smallest absolute Gasteiger partial charge is 0.264 e. The highest BCUT2D eigenvalue weighted by Crippen LogP contribution is 2.31. The van der Waals surface area contributed by atoms with E-state index in [1.54, 1.807) is 4.90 Å². The number of carbonyl (C=O) groups excluding carboxylic acids is 1. The Kier molecular flexibility index (Phi) is 4.77. The molecule has 1 aliphatic carbocycles. The van der Waals surface area contributed by atoms with Crippen molar-refractivity contribution in [2.45, 2.75) is 24.2 Å². The highest BCUT2D eigenvalue weighted by molar-refractivity contribution is 7.89. The van der Waals surface area contributed by atoms with Crippen LogP contribution in [0.2, 0.25) is 0 Å². The van der Waals surface area contributed by atoms with Crippen LogP contribution in [0.4, 0.5) is 8.78 Å². The number of piperazine rings is 1. The van der Waals surface area contributed by atoms with E-state index in [1.165, 1.54) is 21.8 Å². The zero-order chi connectivity index (χ0) is 19.2. The van der Waals surface area contributed by atoms with Crippen LogP contribution in [0.3, 0.4) is 0 Å². The fourth-order valence-electron chi connectivity index (χ4n) is 3.58. The van der Waals surface area contributed by atoms with E-state index in [0.29, 0.717) is 4.88 Å². The Hall–Kier alpha value is -1.84. The molecule has 0 radical (unpaired) electrons. The summed E-state index contributed by atoms with van der Waals surface area (Å²) in [7, 11) is -4.29. The van der Waals surface area contributed by atoms with E-state index >= 15 is 0 Å². The van der Waals surface area contributed by atoms with Gasteiger partial charge in [-0.25, -0.2) is 17.2 Å². The lowest BCUT2D eigenvalue weighted by Gasteiger charge is -2.33. The van der Waals surface area contributed by atoms with Crippen molar-refractivity contribution in [2.75, 3.05) is 26.2 Å². The van der Waals surface area contributed by atoms with Crippen LogP contribution in [0.25, 0.3) is 0 Å². The molecule has 2 aromatic rings. The van der Waals surface area contributed by atoms with Gasteiger partial charge in [-0.1, -0.05) is 6.07 Å². The number of carbonyl (C=O) groups is 1. The lowest BCUT2D eigenvalue weighted by atomic mass is 10.2. The number of hydrogen-bond donors (Lipinski definition) is 0. The largest absolute Gasteiger partial charge is 0.335 e. The van der Waals surface area contributed by atoms with Crippen LogP contribution in [0, 0.1) is 11.6 Å². The Balaban J connectivity index is 1.47. The molecule has 9 heteroatoms. The summed E-state index contributed by atoms with van der Waals surface area (Å²) < 4.78 is 54.1. The molecule has 4 rings (SSSR count). The maximum Gasteiger partial charge on any atom is 0.264 e. The first-order valence-electron chi connectivity index (χ1n) is 8.73. The molecule has 1 saturated heterocycles. The number of benzene rings is 1. The van der Waals surface area contributed by atoms with Gasteiger partial charge in [0.2, 0.25) is 10.0 Å². The van der Waals surface area contributed by atoms with Crippen molar-refractivity contribution in [2.24, 2.45) is 0 Å². The lowest BCUT2D eigenvalue weighted by molar-refractivity contribution is 0.0702. The second-order valence-corrected chi connectivity index (χ2v) is 9.67. The van der Waals surface area contributed by atoms with E-state index in [1.807, 2.05) is 6.07 Å². The summed E-state index contributed by atoms with van der Waals surface area (Å²) in [5, 5.41) is 0.